The number of fused-ring (bicyclic) bond motifs is 1. The molecule has 0 saturated carbocycles. The van der Waals surface area contributed by atoms with Crippen molar-refractivity contribution in [2.75, 3.05) is 33.3 Å². The zero-order valence-corrected chi connectivity index (χ0v) is 17.9. The molecule has 0 atom stereocenters. The normalized spacial score (nSPS) is 19.6. The molecule has 0 unspecified atom stereocenters. The van der Waals surface area contributed by atoms with Gasteiger partial charge in [-0.15, -0.1) is 0 Å². The van der Waals surface area contributed by atoms with E-state index in [0.717, 1.165) is 62.1 Å². The van der Waals surface area contributed by atoms with Gasteiger partial charge in [-0.3, -0.25) is 0 Å². The summed E-state index contributed by atoms with van der Waals surface area (Å²) in [6, 6.07) is 6.78. The quantitative estimate of drug-likeness (QED) is 0.572. The Kier molecular flexibility index (Phi) is 5.62. The van der Waals surface area contributed by atoms with Crippen molar-refractivity contribution in [3.63, 3.8) is 0 Å². The molecule has 0 spiro atoms. The first-order chi connectivity index (χ1) is 13.9. The van der Waals surface area contributed by atoms with Gasteiger partial charge in [0.2, 0.25) is 4.77 Å². The van der Waals surface area contributed by atoms with Crippen molar-refractivity contribution in [3.8, 4) is 5.75 Å². The number of nitrogens with zero attached hydrogens (tertiary/aromatic N) is 4. The van der Waals surface area contributed by atoms with Gasteiger partial charge in [-0.05, 0) is 50.3 Å². The van der Waals surface area contributed by atoms with Crippen LogP contribution in [0.4, 0.5) is 4.39 Å². The van der Waals surface area contributed by atoms with Crippen LogP contribution in [0.25, 0.3) is 5.78 Å². The number of methoxy groups -OCH3 is 1. The first kappa shape index (κ1) is 19.9. The van der Waals surface area contributed by atoms with Crippen molar-refractivity contribution in [1.29, 1.82) is 0 Å². The zero-order valence-electron chi connectivity index (χ0n) is 17.0. The number of rotatable bonds is 5. The third kappa shape index (κ3) is 4.17. The first-order valence-electron chi connectivity index (χ1n) is 9.88. The maximum atomic E-state index is 13.6. The van der Waals surface area contributed by atoms with Crippen molar-refractivity contribution in [2.45, 2.75) is 27.1 Å². The predicted octanol–water partition coefficient (Wildman–Crippen LogP) is -0.0341. The number of quaternary nitrogens is 2. The average Bonchev–Trinajstić information content (AvgIpc) is 2.98. The van der Waals surface area contributed by atoms with E-state index in [-0.39, 0.29) is 5.82 Å². The van der Waals surface area contributed by atoms with Gasteiger partial charge in [-0.25, -0.2) is 18.6 Å². The van der Waals surface area contributed by atoms with E-state index in [1.165, 1.54) is 15.9 Å². The molecule has 9 heteroatoms. The van der Waals surface area contributed by atoms with Crippen molar-refractivity contribution in [1.82, 2.24) is 19.2 Å². The van der Waals surface area contributed by atoms with Gasteiger partial charge in [0, 0.05) is 11.4 Å². The zero-order chi connectivity index (χ0) is 20.5. The van der Waals surface area contributed by atoms with Crippen LogP contribution in [0.1, 0.15) is 17.0 Å². The molecule has 7 nitrogen and oxygen atoms in total. The topological polar surface area (TPSA) is 53.2 Å². The second-order valence-electron chi connectivity index (χ2n) is 7.74. The summed E-state index contributed by atoms with van der Waals surface area (Å²) in [5.41, 5.74) is 2.95. The summed E-state index contributed by atoms with van der Waals surface area (Å²) in [5.74, 6) is 1.20. The Morgan fingerprint density at radius 1 is 1.10 bits per heavy atom. The Hall–Kier alpha value is -2.36. The minimum absolute atomic E-state index is 0.217. The second-order valence-corrected chi connectivity index (χ2v) is 8.10. The molecule has 0 radical (unpaired) electrons. The lowest BCUT2D eigenvalue weighted by Gasteiger charge is -2.30. The SMILES string of the molecule is COc1ccc(F)cc1C[NH+]1CC[NH+](Cn2c(=S)nc3nc(C)cc(C)n32)CC1. The van der Waals surface area contributed by atoms with Crippen LogP contribution in [0.2, 0.25) is 0 Å². The highest BCUT2D eigenvalue weighted by Crippen LogP contribution is 2.18. The summed E-state index contributed by atoms with van der Waals surface area (Å²) in [6.07, 6.45) is 0. The summed E-state index contributed by atoms with van der Waals surface area (Å²) < 4.78 is 23.7. The minimum atomic E-state index is -0.217. The maximum absolute atomic E-state index is 13.6. The van der Waals surface area contributed by atoms with Crippen LogP contribution in [-0.2, 0) is 13.2 Å². The van der Waals surface area contributed by atoms with Gasteiger partial charge in [0.25, 0.3) is 5.78 Å². The molecule has 0 aliphatic carbocycles. The highest BCUT2D eigenvalue weighted by molar-refractivity contribution is 7.71. The lowest BCUT2D eigenvalue weighted by atomic mass is 10.1. The number of hydrogen-bond acceptors (Lipinski definition) is 4. The fourth-order valence-electron chi connectivity index (χ4n) is 4.15. The number of aryl methyl sites for hydroxylation is 2. The molecule has 1 aromatic carbocycles. The van der Waals surface area contributed by atoms with E-state index in [1.807, 2.05) is 22.2 Å². The summed E-state index contributed by atoms with van der Waals surface area (Å²) in [4.78, 5) is 11.9. The highest BCUT2D eigenvalue weighted by atomic mass is 32.1. The van der Waals surface area contributed by atoms with Gasteiger partial charge in [0.05, 0.1) is 12.7 Å². The molecule has 1 saturated heterocycles. The fraction of sp³-hybridized carbons (Fsp3) is 0.450. The van der Waals surface area contributed by atoms with Crippen LogP contribution in [0.3, 0.4) is 0 Å². The van der Waals surface area contributed by atoms with Crippen LogP contribution < -0.4 is 14.5 Å². The molecule has 3 aromatic rings. The lowest BCUT2D eigenvalue weighted by Crippen LogP contribution is -3.27. The third-order valence-corrected chi connectivity index (χ3v) is 5.90. The summed E-state index contributed by atoms with van der Waals surface area (Å²) in [6.45, 7) is 9.60. The molecule has 29 heavy (non-hydrogen) atoms. The van der Waals surface area contributed by atoms with E-state index in [0.29, 0.717) is 10.5 Å². The van der Waals surface area contributed by atoms with E-state index < -0.39 is 0 Å². The predicted molar refractivity (Wildman–Crippen MR) is 109 cm³/mol. The Balaban J connectivity index is 1.44. The van der Waals surface area contributed by atoms with Gasteiger partial charge >= 0.3 is 0 Å². The van der Waals surface area contributed by atoms with Crippen LogP contribution in [0, 0.1) is 24.4 Å². The van der Waals surface area contributed by atoms with Gasteiger partial charge in [0.15, 0.2) is 6.67 Å². The number of halogens is 1. The van der Waals surface area contributed by atoms with Crippen LogP contribution in [-0.4, -0.2) is 52.5 Å². The number of ether oxygens (including phenoxy) is 1. The molecule has 3 heterocycles. The molecule has 154 valence electrons. The molecule has 0 bridgehead atoms. The molecular weight excluding hydrogens is 391 g/mol. The molecule has 2 aromatic heterocycles. The molecule has 2 N–H and O–H groups in total. The van der Waals surface area contributed by atoms with Gasteiger partial charge in [0.1, 0.15) is 44.3 Å². The molecule has 1 aliphatic rings. The van der Waals surface area contributed by atoms with Crippen LogP contribution in [0.5, 0.6) is 5.75 Å². The van der Waals surface area contributed by atoms with Gasteiger partial charge in [-0.1, -0.05) is 0 Å². The fourth-order valence-corrected chi connectivity index (χ4v) is 4.38. The standard InChI is InChI=1S/C20H25FN6OS/c1-14-10-15(2)27-19(22-14)23-20(29)26(27)13-25-8-6-24(7-9-25)12-16-11-17(21)4-5-18(16)28-3/h4-5,10-11H,6-9,12-13H2,1-3H3/p+2. The Bertz CT molecular complexity index is 1090. The largest absolute Gasteiger partial charge is 0.496 e. The van der Waals surface area contributed by atoms with Crippen molar-refractivity contribution >= 4 is 18.0 Å². The third-order valence-electron chi connectivity index (χ3n) is 5.60. The van der Waals surface area contributed by atoms with Crippen molar-refractivity contribution in [2.24, 2.45) is 0 Å². The molecule has 4 rings (SSSR count). The Labute approximate surface area is 174 Å². The van der Waals surface area contributed by atoms with Crippen LogP contribution >= 0.6 is 12.2 Å². The summed E-state index contributed by atoms with van der Waals surface area (Å²) in [5, 5.41) is 0. The second kappa shape index (κ2) is 8.17. The summed E-state index contributed by atoms with van der Waals surface area (Å²) in [7, 11) is 1.63. The van der Waals surface area contributed by atoms with E-state index in [9.17, 15) is 4.39 Å². The Morgan fingerprint density at radius 3 is 2.55 bits per heavy atom. The van der Waals surface area contributed by atoms with Crippen molar-refractivity contribution < 1.29 is 18.9 Å². The Morgan fingerprint density at radius 2 is 1.83 bits per heavy atom. The average molecular weight is 419 g/mol. The minimum Gasteiger partial charge on any atom is -0.496 e. The number of nitrogens with one attached hydrogen (secondary N) is 2. The first-order valence-corrected chi connectivity index (χ1v) is 10.3. The highest BCUT2D eigenvalue weighted by Gasteiger charge is 2.25. The molecular formula is C20H27FN6OS+2. The smallest absolute Gasteiger partial charge is 0.252 e. The summed E-state index contributed by atoms with van der Waals surface area (Å²) >= 11 is 5.50. The molecule has 1 aliphatic heterocycles. The monoisotopic (exact) mass is 418 g/mol. The van der Waals surface area contributed by atoms with Crippen LogP contribution in [0.15, 0.2) is 24.3 Å². The van der Waals surface area contributed by atoms with Gasteiger partial charge in [-0.2, -0.15) is 4.98 Å². The van der Waals surface area contributed by atoms with E-state index in [1.54, 1.807) is 19.2 Å². The number of aromatic nitrogens is 4. The van der Waals surface area contributed by atoms with E-state index in [4.69, 9.17) is 17.0 Å². The van der Waals surface area contributed by atoms with E-state index >= 15 is 0 Å². The van der Waals surface area contributed by atoms with E-state index in [2.05, 4.69) is 16.9 Å². The maximum Gasteiger partial charge on any atom is 0.252 e. The lowest BCUT2D eigenvalue weighted by molar-refractivity contribution is -1.03. The molecule has 0 amide bonds. The number of piperazine rings is 1. The molecule has 1 fully saturated rings. The van der Waals surface area contributed by atoms with Crippen molar-refractivity contribution in [3.05, 3.63) is 51.8 Å². The number of hydrogen-bond donors (Lipinski definition) is 2. The number of benzene rings is 1. The van der Waals surface area contributed by atoms with Gasteiger partial charge < -0.3 is 14.5 Å².